The fraction of sp³-hybridized carbons (Fsp3) is 0.538. The number of nitrogen functional groups attached to an aromatic ring is 1. The number of hydrogen-bond donors (Lipinski definition) is 4. The van der Waals surface area contributed by atoms with Crippen molar-refractivity contribution >= 4 is 17.1 Å². The van der Waals surface area contributed by atoms with Crippen LogP contribution in [0, 0.1) is 16.0 Å². The zero-order chi connectivity index (χ0) is 14.5. The Balaban J connectivity index is 2.01. The number of hydrazine groups is 1. The number of aliphatic hydroxyl groups is 1. The number of rotatable bonds is 5. The first-order valence-electron chi connectivity index (χ1n) is 6.76. The van der Waals surface area contributed by atoms with E-state index < -0.39 is 4.92 Å². The van der Waals surface area contributed by atoms with Gasteiger partial charge < -0.3 is 15.8 Å². The summed E-state index contributed by atoms with van der Waals surface area (Å²) in [5.74, 6) is 5.71. The van der Waals surface area contributed by atoms with E-state index in [1.54, 1.807) is 6.07 Å². The van der Waals surface area contributed by atoms with Crippen LogP contribution >= 0.6 is 0 Å². The SMILES string of the molecule is NNc1cc(NCC2CCCC(O)C2)cc([N+](=O)[O-])c1. The number of benzene rings is 1. The lowest BCUT2D eigenvalue weighted by Gasteiger charge is -2.26. The molecule has 1 aliphatic rings. The minimum atomic E-state index is -0.448. The predicted octanol–water partition coefficient (Wildman–Crippen LogP) is 1.84. The van der Waals surface area contributed by atoms with Crippen molar-refractivity contribution in [3.63, 3.8) is 0 Å². The Labute approximate surface area is 117 Å². The Hall–Kier alpha value is -1.86. The summed E-state index contributed by atoms with van der Waals surface area (Å²) < 4.78 is 0. The summed E-state index contributed by atoms with van der Waals surface area (Å²) in [5, 5.41) is 23.7. The van der Waals surface area contributed by atoms with Gasteiger partial charge in [-0.1, -0.05) is 6.42 Å². The van der Waals surface area contributed by atoms with E-state index in [-0.39, 0.29) is 11.8 Å². The maximum atomic E-state index is 10.8. The van der Waals surface area contributed by atoms with E-state index >= 15 is 0 Å². The summed E-state index contributed by atoms with van der Waals surface area (Å²) >= 11 is 0. The molecule has 2 rings (SSSR count). The molecule has 1 saturated carbocycles. The molecule has 7 heteroatoms. The highest BCUT2D eigenvalue weighted by molar-refractivity contribution is 5.63. The van der Waals surface area contributed by atoms with Crippen LogP contribution in [-0.4, -0.2) is 22.7 Å². The molecule has 1 aliphatic carbocycles. The Morgan fingerprint density at radius 3 is 2.75 bits per heavy atom. The van der Waals surface area contributed by atoms with Crippen LogP contribution in [0.5, 0.6) is 0 Å². The highest BCUT2D eigenvalue weighted by Crippen LogP contribution is 2.27. The van der Waals surface area contributed by atoms with Crippen molar-refractivity contribution < 1.29 is 10.0 Å². The molecule has 0 aromatic heterocycles. The minimum Gasteiger partial charge on any atom is -0.393 e. The van der Waals surface area contributed by atoms with Gasteiger partial charge in [0.1, 0.15) is 0 Å². The van der Waals surface area contributed by atoms with Crippen LogP contribution in [0.25, 0.3) is 0 Å². The molecule has 0 heterocycles. The Kier molecular flexibility index (Phi) is 4.75. The third kappa shape index (κ3) is 3.82. The molecule has 2 unspecified atom stereocenters. The number of nitrogens with one attached hydrogen (secondary N) is 2. The van der Waals surface area contributed by atoms with Crippen LogP contribution in [0.2, 0.25) is 0 Å². The molecule has 1 aromatic carbocycles. The fourth-order valence-corrected chi connectivity index (χ4v) is 2.61. The number of nitrogens with two attached hydrogens (primary N) is 1. The largest absolute Gasteiger partial charge is 0.393 e. The highest BCUT2D eigenvalue weighted by Gasteiger charge is 2.20. The van der Waals surface area contributed by atoms with Crippen molar-refractivity contribution in [3.05, 3.63) is 28.3 Å². The van der Waals surface area contributed by atoms with Crippen molar-refractivity contribution in [1.82, 2.24) is 0 Å². The molecular weight excluding hydrogens is 260 g/mol. The van der Waals surface area contributed by atoms with E-state index in [0.29, 0.717) is 23.8 Å². The van der Waals surface area contributed by atoms with Crippen LogP contribution in [-0.2, 0) is 0 Å². The average molecular weight is 280 g/mol. The van der Waals surface area contributed by atoms with Crippen molar-refractivity contribution in [2.45, 2.75) is 31.8 Å². The number of nitro benzene ring substituents is 1. The van der Waals surface area contributed by atoms with Crippen LogP contribution in [0.1, 0.15) is 25.7 Å². The van der Waals surface area contributed by atoms with Gasteiger partial charge in [-0.3, -0.25) is 16.0 Å². The van der Waals surface area contributed by atoms with Gasteiger partial charge in [-0.15, -0.1) is 0 Å². The second-order valence-corrected chi connectivity index (χ2v) is 5.24. The summed E-state index contributed by atoms with van der Waals surface area (Å²) in [4.78, 5) is 10.4. The predicted molar refractivity (Wildman–Crippen MR) is 77.4 cm³/mol. The van der Waals surface area contributed by atoms with Crippen molar-refractivity contribution in [2.75, 3.05) is 17.3 Å². The van der Waals surface area contributed by atoms with E-state index in [1.165, 1.54) is 12.1 Å². The number of nitrogens with zero attached hydrogens (tertiary/aromatic N) is 1. The van der Waals surface area contributed by atoms with Gasteiger partial charge in [0.25, 0.3) is 5.69 Å². The number of non-ortho nitro benzene ring substituents is 1. The summed E-state index contributed by atoms with van der Waals surface area (Å²) in [5.41, 5.74) is 3.57. The smallest absolute Gasteiger partial charge is 0.273 e. The summed E-state index contributed by atoms with van der Waals surface area (Å²) in [7, 11) is 0. The van der Waals surface area contributed by atoms with Crippen LogP contribution in [0.4, 0.5) is 17.1 Å². The van der Waals surface area contributed by atoms with Crippen LogP contribution in [0.15, 0.2) is 18.2 Å². The Morgan fingerprint density at radius 1 is 1.35 bits per heavy atom. The topological polar surface area (TPSA) is 113 Å². The molecule has 0 saturated heterocycles. The van der Waals surface area contributed by atoms with Crippen molar-refractivity contribution in [2.24, 2.45) is 11.8 Å². The first-order chi connectivity index (χ1) is 9.58. The summed E-state index contributed by atoms with van der Waals surface area (Å²) in [6, 6.07) is 4.60. The molecule has 110 valence electrons. The quantitative estimate of drug-likeness (QED) is 0.372. The van der Waals surface area contributed by atoms with E-state index in [9.17, 15) is 15.2 Å². The zero-order valence-corrected chi connectivity index (χ0v) is 11.2. The second kappa shape index (κ2) is 6.53. The lowest BCUT2D eigenvalue weighted by atomic mass is 9.87. The molecule has 0 bridgehead atoms. The summed E-state index contributed by atoms with van der Waals surface area (Å²) in [6.45, 7) is 0.697. The molecule has 0 spiro atoms. The lowest BCUT2D eigenvalue weighted by molar-refractivity contribution is -0.384. The number of nitro groups is 1. The van der Waals surface area contributed by atoms with Gasteiger partial charge in [0.05, 0.1) is 16.7 Å². The van der Waals surface area contributed by atoms with Crippen molar-refractivity contribution in [1.29, 1.82) is 0 Å². The van der Waals surface area contributed by atoms with Gasteiger partial charge in [-0.05, 0) is 31.2 Å². The standard InChI is InChI=1S/C13H20N4O3/c14-16-11-5-10(6-12(7-11)17(19)20)15-8-9-2-1-3-13(18)4-9/h5-7,9,13,15-16,18H,1-4,8,14H2. The molecule has 1 aromatic rings. The fourth-order valence-electron chi connectivity index (χ4n) is 2.61. The van der Waals surface area contributed by atoms with Crippen LogP contribution < -0.4 is 16.6 Å². The first kappa shape index (κ1) is 14.5. The van der Waals surface area contributed by atoms with E-state index in [0.717, 1.165) is 25.7 Å². The van der Waals surface area contributed by atoms with Gasteiger partial charge in [-0.25, -0.2) is 0 Å². The molecule has 1 fully saturated rings. The molecule has 2 atom stereocenters. The molecule has 7 nitrogen and oxygen atoms in total. The minimum absolute atomic E-state index is 0.00775. The highest BCUT2D eigenvalue weighted by atomic mass is 16.6. The average Bonchev–Trinajstić information content (AvgIpc) is 2.45. The third-order valence-corrected chi connectivity index (χ3v) is 3.65. The van der Waals surface area contributed by atoms with E-state index in [2.05, 4.69) is 10.7 Å². The molecule has 0 radical (unpaired) electrons. The Morgan fingerprint density at radius 2 is 2.10 bits per heavy atom. The van der Waals surface area contributed by atoms with E-state index in [1.807, 2.05) is 0 Å². The number of hydrogen-bond acceptors (Lipinski definition) is 6. The zero-order valence-electron chi connectivity index (χ0n) is 11.2. The van der Waals surface area contributed by atoms with Crippen LogP contribution in [0.3, 0.4) is 0 Å². The Bertz CT molecular complexity index is 481. The van der Waals surface area contributed by atoms with Crippen molar-refractivity contribution in [3.8, 4) is 0 Å². The van der Waals surface area contributed by atoms with Gasteiger partial charge in [0.2, 0.25) is 0 Å². The van der Waals surface area contributed by atoms with Gasteiger partial charge in [0.15, 0.2) is 0 Å². The molecule has 20 heavy (non-hydrogen) atoms. The van der Waals surface area contributed by atoms with Gasteiger partial charge in [-0.2, -0.15) is 0 Å². The maximum Gasteiger partial charge on any atom is 0.273 e. The third-order valence-electron chi connectivity index (χ3n) is 3.65. The number of aliphatic hydroxyl groups excluding tert-OH is 1. The van der Waals surface area contributed by atoms with Gasteiger partial charge >= 0.3 is 0 Å². The summed E-state index contributed by atoms with van der Waals surface area (Å²) in [6.07, 6.45) is 3.53. The first-order valence-corrected chi connectivity index (χ1v) is 6.76. The lowest BCUT2D eigenvalue weighted by Crippen LogP contribution is -2.25. The monoisotopic (exact) mass is 280 g/mol. The second-order valence-electron chi connectivity index (χ2n) is 5.24. The van der Waals surface area contributed by atoms with Gasteiger partial charge in [0, 0.05) is 24.4 Å². The molecule has 0 aliphatic heterocycles. The van der Waals surface area contributed by atoms with E-state index in [4.69, 9.17) is 5.84 Å². The molecule has 5 N–H and O–H groups in total. The molecule has 0 amide bonds. The maximum absolute atomic E-state index is 10.8. The number of anilines is 2. The molecular formula is C13H20N4O3. The normalized spacial score (nSPS) is 22.3.